The number of rotatable bonds is 8. The third kappa shape index (κ3) is 5.70. The molecule has 0 aliphatic rings. The van der Waals surface area contributed by atoms with Crippen molar-refractivity contribution >= 4 is 45.7 Å². The number of ether oxygens (including phenoxy) is 1. The summed E-state index contributed by atoms with van der Waals surface area (Å²) in [6, 6.07) is 15.5. The Morgan fingerprint density at radius 1 is 1.25 bits per heavy atom. The molecule has 2 aromatic carbocycles. The Hall–Kier alpha value is -2.09. The topological polar surface area (TPSA) is 64.1 Å². The van der Waals surface area contributed by atoms with Gasteiger partial charge in [-0.15, -0.1) is 10.2 Å². The van der Waals surface area contributed by atoms with E-state index >= 15 is 0 Å². The summed E-state index contributed by atoms with van der Waals surface area (Å²) < 4.78 is 6.63. The van der Waals surface area contributed by atoms with Crippen molar-refractivity contribution in [3.05, 3.63) is 64.7 Å². The highest BCUT2D eigenvalue weighted by molar-refractivity contribution is 8.00. The van der Waals surface area contributed by atoms with Gasteiger partial charge in [0, 0.05) is 10.8 Å². The summed E-state index contributed by atoms with van der Waals surface area (Å²) in [7, 11) is 0. The minimum absolute atomic E-state index is 0.245. The first-order chi connectivity index (χ1) is 13.5. The number of carbonyl (C=O) groups excluding carboxylic acids is 1. The molecule has 0 unspecified atom stereocenters. The molecule has 3 rings (SSSR count). The van der Waals surface area contributed by atoms with Gasteiger partial charge in [-0.2, -0.15) is 0 Å². The second-order valence-electron chi connectivity index (χ2n) is 6.06. The maximum absolute atomic E-state index is 12.6. The predicted octanol–water partition coefficient (Wildman–Crippen LogP) is 5.59. The second-order valence-corrected chi connectivity index (χ2v) is 8.67. The van der Waals surface area contributed by atoms with E-state index in [1.165, 1.54) is 16.9 Å². The number of hydrogen-bond acceptors (Lipinski definition) is 6. The number of benzene rings is 2. The number of nitrogens with zero attached hydrogens (tertiary/aromatic N) is 2. The number of aryl methyl sites for hydroxylation is 1. The van der Waals surface area contributed by atoms with Crippen molar-refractivity contribution < 1.29 is 9.53 Å². The van der Waals surface area contributed by atoms with Crippen LogP contribution in [0.2, 0.25) is 5.02 Å². The van der Waals surface area contributed by atoms with E-state index in [1.807, 2.05) is 38.1 Å². The summed E-state index contributed by atoms with van der Waals surface area (Å²) in [5.74, 6) is 1.17. The van der Waals surface area contributed by atoms with Crippen LogP contribution < -0.4 is 10.1 Å². The van der Waals surface area contributed by atoms with Crippen LogP contribution in [0.4, 0.5) is 5.13 Å². The van der Waals surface area contributed by atoms with Gasteiger partial charge in [-0.05, 0) is 42.7 Å². The predicted molar refractivity (Wildman–Crippen MR) is 115 cm³/mol. The zero-order valence-electron chi connectivity index (χ0n) is 15.5. The molecule has 1 heterocycles. The number of amides is 1. The van der Waals surface area contributed by atoms with E-state index in [9.17, 15) is 4.79 Å². The van der Waals surface area contributed by atoms with E-state index < -0.39 is 6.10 Å². The quantitative estimate of drug-likeness (QED) is 0.370. The minimum Gasteiger partial charge on any atom is -0.481 e. The average Bonchev–Trinajstić information content (AvgIpc) is 3.15. The number of aromatic nitrogens is 2. The molecule has 5 nitrogen and oxygen atoms in total. The molecule has 0 spiro atoms. The zero-order chi connectivity index (χ0) is 19.9. The van der Waals surface area contributed by atoms with Crippen molar-refractivity contribution in [3.63, 3.8) is 0 Å². The van der Waals surface area contributed by atoms with E-state index in [2.05, 4.69) is 27.6 Å². The Morgan fingerprint density at radius 2 is 2.04 bits per heavy atom. The van der Waals surface area contributed by atoms with Gasteiger partial charge in [-0.3, -0.25) is 10.1 Å². The Balaban J connectivity index is 1.56. The van der Waals surface area contributed by atoms with Gasteiger partial charge in [0.05, 0.1) is 0 Å². The van der Waals surface area contributed by atoms with Crippen molar-refractivity contribution in [2.75, 3.05) is 5.32 Å². The molecule has 1 aromatic heterocycles. The smallest absolute Gasteiger partial charge is 0.267 e. The summed E-state index contributed by atoms with van der Waals surface area (Å²) in [5, 5.41) is 12.1. The molecule has 0 aliphatic carbocycles. The fraction of sp³-hybridized carbons (Fsp3) is 0.250. The maximum Gasteiger partial charge on any atom is 0.267 e. The first-order valence-electron chi connectivity index (χ1n) is 8.79. The Labute approximate surface area is 177 Å². The molecule has 146 valence electrons. The van der Waals surface area contributed by atoms with E-state index in [1.54, 1.807) is 23.9 Å². The fourth-order valence-electron chi connectivity index (χ4n) is 2.40. The Morgan fingerprint density at radius 3 is 2.75 bits per heavy atom. The first kappa shape index (κ1) is 20.6. The maximum atomic E-state index is 12.6. The van der Waals surface area contributed by atoms with Crippen LogP contribution in [0, 0.1) is 6.92 Å². The molecule has 0 saturated heterocycles. The highest BCUT2D eigenvalue weighted by atomic mass is 35.5. The average molecular weight is 434 g/mol. The molecular formula is C20H20ClN3O2S2. The van der Waals surface area contributed by atoms with Crippen LogP contribution >= 0.6 is 34.7 Å². The highest BCUT2D eigenvalue weighted by Crippen LogP contribution is 2.28. The third-order valence-electron chi connectivity index (χ3n) is 3.91. The highest BCUT2D eigenvalue weighted by Gasteiger charge is 2.20. The van der Waals surface area contributed by atoms with Gasteiger partial charge in [0.1, 0.15) is 5.75 Å². The second kappa shape index (κ2) is 9.91. The lowest BCUT2D eigenvalue weighted by molar-refractivity contribution is -0.122. The molecule has 1 N–H and O–H groups in total. The monoisotopic (exact) mass is 433 g/mol. The van der Waals surface area contributed by atoms with Crippen molar-refractivity contribution in [3.8, 4) is 5.75 Å². The molecule has 0 fully saturated rings. The van der Waals surface area contributed by atoms with Gasteiger partial charge in [0.15, 0.2) is 10.4 Å². The largest absolute Gasteiger partial charge is 0.481 e. The summed E-state index contributed by atoms with van der Waals surface area (Å²) in [6.45, 7) is 3.79. The van der Waals surface area contributed by atoms with E-state index in [0.29, 0.717) is 22.3 Å². The summed E-state index contributed by atoms with van der Waals surface area (Å²) in [6.07, 6.45) is -0.0908. The fourth-order valence-corrected chi connectivity index (χ4v) is 4.23. The SMILES string of the molecule is CC[C@@H](Oc1ccc(Cl)c(C)c1)C(=O)Nc1nnc(SCc2ccccc2)s1. The molecule has 0 aliphatic heterocycles. The van der Waals surface area contributed by atoms with Gasteiger partial charge >= 0.3 is 0 Å². The van der Waals surface area contributed by atoms with Gasteiger partial charge < -0.3 is 4.74 Å². The van der Waals surface area contributed by atoms with Crippen LogP contribution in [0.1, 0.15) is 24.5 Å². The van der Waals surface area contributed by atoms with Crippen LogP contribution in [0.25, 0.3) is 0 Å². The Kier molecular flexibility index (Phi) is 7.30. The number of hydrogen-bond donors (Lipinski definition) is 1. The lowest BCUT2D eigenvalue weighted by Gasteiger charge is -2.16. The van der Waals surface area contributed by atoms with Gasteiger partial charge in [-0.25, -0.2) is 0 Å². The zero-order valence-corrected chi connectivity index (χ0v) is 17.9. The number of carbonyl (C=O) groups is 1. The van der Waals surface area contributed by atoms with Crippen LogP contribution in [-0.2, 0) is 10.5 Å². The molecule has 1 amide bonds. The lowest BCUT2D eigenvalue weighted by Crippen LogP contribution is -2.32. The molecule has 8 heteroatoms. The molecule has 0 bridgehead atoms. The Bertz CT molecular complexity index is 934. The lowest BCUT2D eigenvalue weighted by atomic mass is 10.2. The molecule has 3 aromatic rings. The van der Waals surface area contributed by atoms with Gasteiger partial charge in [-0.1, -0.05) is 72.0 Å². The van der Waals surface area contributed by atoms with Gasteiger partial charge in [0.25, 0.3) is 5.91 Å². The minimum atomic E-state index is -0.620. The molecule has 1 atom stereocenters. The first-order valence-corrected chi connectivity index (χ1v) is 11.0. The van der Waals surface area contributed by atoms with Gasteiger partial charge in [0.2, 0.25) is 5.13 Å². The molecular weight excluding hydrogens is 414 g/mol. The van der Waals surface area contributed by atoms with Crippen molar-refractivity contribution in [2.45, 2.75) is 36.5 Å². The normalized spacial score (nSPS) is 11.8. The standard InChI is InChI=1S/C20H20ClN3O2S2/c1-3-17(26-15-9-10-16(21)13(2)11-15)18(25)22-19-23-24-20(28-19)27-12-14-7-5-4-6-8-14/h4-11,17H,3,12H2,1-2H3,(H,22,23,25)/t17-/m1/s1. The van der Waals surface area contributed by atoms with Crippen molar-refractivity contribution in [2.24, 2.45) is 0 Å². The van der Waals surface area contributed by atoms with E-state index in [4.69, 9.17) is 16.3 Å². The van der Waals surface area contributed by atoms with Crippen molar-refractivity contribution in [1.82, 2.24) is 10.2 Å². The number of nitrogens with one attached hydrogen (secondary N) is 1. The summed E-state index contributed by atoms with van der Waals surface area (Å²) >= 11 is 8.98. The molecule has 28 heavy (non-hydrogen) atoms. The number of thioether (sulfide) groups is 1. The number of halogens is 1. The van der Waals surface area contributed by atoms with E-state index in [-0.39, 0.29) is 5.91 Å². The van der Waals surface area contributed by atoms with Crippen LogP contribution in [0.15, 0.2) is 52.9 Å². The summed E-state index contributed by atoms with van der Waals surface area (Å²) in [4.78, 5) is 12.6. The van der Waals surface area contributed by atoms with Crippen LogP contribution in [0.5, 0.6) is 5.75 Å². The number of anilines is 1. The molecule has 0 radical (unpaired) electrons. The third-order valence-corrected chi connectivity index (χ3v) is 6.38. The van der Waals surface area contributed by atoms with E-state index in [0.717, 1.165) is 15.7 Å². The summed E-state index contributed by atoms with van der Waals surface area (Å²) in [5.41, 5.74) is 2.12. The van der Waals surface area contributed by atoms with Crippen molar-refractivity contribution in [1.29, 1.82) is 0 Å². The van der Waals surface area contributed by atoms with Crippen LogP contribution in [0.3, 0.4) is 0 Å². The van der Waals surface area contributed by atoms with Crippen LogP contribution in [-0.4, -0.2) is 22.2 Å². The molecule has 0 saturated carbocycles.